The third kappa shape index (κ3) is 6.04. The number of nitrogens with one attached hydrogen (secondary N) is 1. The molecule has 1 amide bonds. The highest BCUT2D eigenvalue weighted by molar-refractivity contribution is 7.88. The van der Waals surface area contributed by atoms with Crippen LogP contribution < -0.4 is 4.72 Å². The van der Waals surface area contributed by atoms with Gasteiger partial charge in [-0.3, -0.25) is 0 Å². The molecule has 162 valence electrons. The van der Waals surface area contributed by atoms with Gasteiger partial charge in [0.1, 0.15) is 6.61 Å². The van der Waals surface area contributed by atoms with E-state index < -0.39 is 16.1 Å². The van der Waals surface area contributed by atoms with Gasteiger partial charge in [0.2, 0.25) is 10.0 Å². The Morgan fingerprint density at radius 1 is 1.10 bits per heavy atom. The monoisotopic (exact) mass is 432 g/mol. The number of carbonyl (C=O) groups excluding carboxylic acids is 1. The van der Waals surface area contributed by atoms with E-state index >= 15 is 0 Å². The van der Waals surface area contributed by atoms with Crippen LogP contribution >= 0.6 is 0 Å². The van der Waals surface area contributed by atoms with Crippen molar-refractivity contribution in [2.45, 2.75) is 24.9 Å². The number of sulfonamides is 1. The first-order valence-corrected chi connectivity index (χ1v) is 11.8. The quantitative estimate of drug-likeness (QED) is 0.649. The third-order valence-corrected chi connectivity index (χ3v) is 5.87. The maximum absolute atomic E-state index is 12.6. The summed E-state index contributed by atoms with van der Waals surface area (Å²) in [6.07, 6.45) is 1.75. The normalized spacial score (nSPS) is 19.1. The first kappa shape index (κ1) is 22.3. The van der Waals surface area contributed by atoms with Crippen LogP contribution in [-0.4, -0.2) is 64.6 Å². The first-order valence-electron chi connectivity index (χ1n) is 9.91. The molecule has 1 N–H and O–H groups in total. The average molecular weight is 433 g/mol. The maximum Gasteiger partial charge on any atom is 0.410 e. The second-order valence-corrected chi connectivity index (χ2v) is 9.20. The molecule has 2 atom stereocenters. The van der Waals surface area contributed by atoms with Crippen LogP contribution in [-0.2, 0) is 25.9 Å². The molecule has 1 aliphatic heterocycles. The summed E-state index contributed by atoms with van der Waals surface area (Å²) in [4.78, 5) is 14.2. The second-order valence-electron chi connectivity index (χ2n) is 7.42. The summed E-state index contributed by atoms with van der Waals surface area (Å²) >= 11 is 0. The van der Waals surface area contributed by atoms with E-state index in [0.29, 0.717) is 26.0 Å². The third-order valence-electron chi connectivity index (χ3n) is 5.14. The van der Waals surface area contributed by atoms with Gasteiger partial charge in [0.25, 0.3) is 0 Å². The molecule has 0 unspecified atom stereocenters. The number of hydrogen-bond donors (Lipinski definition) is 1. The summed E-state index contributed by atoms with van der Waals surface area (Å²) in [5, 5.41) is 0. The summed E-state index contributed by atoms with van der Waals surface area (Å²) in [5.74, 6) is 0. The summed E-state index contributed by atoms with van der Waals surface area (Å²) in [7, 11) is -1.86. The van der Waals surface area contributed by atoms with Crippen molar-refractivity contribution in [3.05, 3.63) is 60.2 Å². The van der Waals surface area contributed by atoms with Crippen molar-refractivity contribution in [2.24, 2.45) is 0 Å². The van der Waals surface area contributed by atoms with Gasteiger partial charge in [-0.15, -0.1) is 0 Å². The van der Waals surface area contributed by atoms with Crippen molar-refractivity contribution in [3.63, 3.8) is 0 Å². The fourth-order valence-corrected chi connectivity index (χ4v) is 4.62. The highest BCUT2D eigenvalue weighted by atomic mass is 32.2. The predicted octanol–water partition coefficient (Wildman–Crippen LogP) is 2.67. The van der Waals surface area contributed by atoms with Crippen LogP contribution in [0.15, 0.2) is 54.6 Å². The van der Waals surface area contributed by atoms with E-state index in [9.17, 15) is 13.2 Å². The Bertz CT molecular complexity index is 949. The average Bonchev–Trinajstić information content (AvgIpc) is 3.09. The molecule has 0 aliphatic carbocycles. The summed E-state index contributed by atoms with van der Waals surface area (Å²) in [6.45, 7) is 0.905. The first-order chi connectivity index (χ1) is 14.4. The van der Waals surface area contributed by atoms with Crippen molar-refractivity contribution in [1.82, 2.24) is 9.62 Å². The highest BCUT2D eigenvalue weighted by Crippen LogP contribution is 2.26. The topological polar surface area (TPSA) is 84.9 Å². The molecule has 3 rings (SSSR count). The van der Waals surface area contributed by atoms with Crippen molar-refractivity contribution in [3.8, 4) is 11.1 Å². The minimum atomic E-state index is -3.40. The molecule has 8 heteroatoms. The van der Waals surface area contributed by atoms with Gasteiger partial charge < -0.3 is 14.4 Å². The van der Waals surface area contributed by atoms with Crippen LogP contribution in [0.1, 0.15) is 12.0 Å². The molecular weight excluding hydrogens is 404 g/mol. The molecular formula is C22H28N2O5S. The van der Waals surface area contributed by atoms with Crippen molar-refractivity contribution in [1.29, 1.82) is 0 Å². The number of methoxy groups -OCH3 is 1. The van der Waals surface area contributed by atoms with Crippen LogP contribution in [0.3, 0.4) is 0 Å². The molecule has 0 radical (unpaired) electrons. The van der Waals surface area contributed by atoms with E-state index in [-0.39, 0.29) is 18.7 Å². The number of likely N-dealkylation sites (tertiary alicyclic amines) is 1. The van der Waals surface area contributed by atoms with Gasteiger partial charge in [0, 0.05) is 19.7 Å². The molecule has 7 nitrogen and oxygen atoms in total. The highest BCUT2D eigenvalue weighted by Gasteiger charge is 2.39. The minimum absolute atomic E-state index is 0.159. The molecule has 1 fully saturated rings. The van der Waals surface area contributed by atoms with Crippen molar-refractivity contribution in [2.75, 3.05) is 33.1 Å². The van der Waals surface area contributed by atoms with E-state index in [1.54, 1.807) is 4.90 Å². The van der Waals surface area contributed by atoms with Gasteiger partial charge in [-0.05, 0) is 29.5 Å². The lowest BCUT2D eigenvalue weighted by molar-refractivity contribution is 0.0680. The van der Waals surface area contributed by atoms with E-state index in [1.165, 1.54) is 7.11 Å². The van der Waals surface area contributed by atoms with Gasteiger partial charge >= 0.3 is 6.09 Å². The molecule has 2 aromatic carbocycles. The zero-order valence-corrected chi connectivity index (χ0v) is 18.1. The van der Waals surface area contributed by atoms with Crippen molar-refractivity contribution < 1.29 is 22.7 Å². The van der Waals surface area contributed by atoms with E-state index in [1.807, 2.05) is 48.5 Å². The van der Waals surface area contributed by atoms with Crippen LogP contribution in [0, 0.1) is 0 Å². The molecule has 0 saturated carbocycles. The van der Waals surface area contributed by atoms with Crippen LogP contribution in [0.25, 0.3) is 11.1 Å². The molecule has 0 spiro atoms. The molecule has 1 heterocycles. The zero-order chi connectivity index (χ0) is 21.6. The van der Waals surface area contributed by atoms with Crippen LogP contribution in [0.4, 0.5) is 4.79 Å². The van der Waals surface area contributed by atoms with E-state index in [4.69, 9.17) is 9.47 Å². The number of carbonyl (C=O) groups is 1. The Balaban J connectivity index is 1.81. The lowest BCUT2D eigenvalue weighted by Gasteiger charge is -2.28. The summed E-state index contributed by atoms with van der Waals surface area (Å²) in [5.41, 5.74) is 3.21. The summed E-state index contributed by atoms with van der Waals surface area (Å²) in [6, 6.07) is 17.4. The number of amides is 1. The lowest BCUT2D eigenvalue weighted by Crippen LogP contribution is -2.47. The van der Waals surface area contributed by atoms with Gasteiger partial charge in [-0.1, -0.05) is 54.6 Å². The predicted molar refractivity (Wildman–Crippen MR) is 116 cm³/mol. The van der Waals surface area contributed by atoms with Crippen LogP contribution in [0.2, 0.25) is 0 Å². The smallest absolute Gasteiger partial charge is 0.410 e. The van der Waals surface area contributed by atoms with Gasteiger partial charge in [-0.2, -0.15) is 0 Å². The Hall–Kier alpha value is -2.42. The van der Waals surface area contributed by atoms with Crippen LogP contribution in [0.5, 0.6) is 0 Å². The number of hydrogen-bond acceptors (Lipinski definition) is 5. The number of nitrogens with zero attached hydrogens (tertiary/aromatic N) is 1. The fraction of sp³-hybridized carbons (Fsp3) is 0.409. The Kier molecular flexibility index (Phi) is 7.47. The number of benzene rings is 2. The Morgan fingerprint density at radius 3 is 2.53 bits per heavy atom. The number of ether oxygens (including phenoxy) is 2. The molecule has 1 aliphatic rings. The lowest BCUT2D eigenvalue weighted by atomic mass is 9.97. The van der Waals surface area contributed by atoms with E-state index in [2.05, 4.69) is 10.8 Å². The Labute approximate surface area is 178 Å². The maximum atomic E-state index is 12.6. The van der Waals surface area contributed by atoms with Gasteiger partial charge in [0.05, 0.1) is 18.9 Å². The standard InChI is InChI=1S/C22H28N2O5S/c1-28-13-14-29-22(25)24-12-11-20(23-30(2,26)27)21(24)16-17-7-6-10-19(15-17)18-8-4-3-5-9-18/h3-10,15,20-21,23H,11-14,16H2,1-2H3/t20-,21-/m0/s1. The zero-order valence-electron chi connectivity index (χ0n) is 17.3. The molecule has 2 aromatic rings. The minimum Gasteiger partial charge on any atom is -0.447 e. The largest absolute Gasteiger partial charge is 0.447 e. The molecule has 30 heavy (non-hydrogen) atoms. The Morgan fingerprint density at radius 2 is 1.83 bits per heavy atom. The van der Waals surface area contributed by atoms with Gasteiger partial charge in [0.15, 0.2) is 0 Å². The molecule has 0 aromatic heterocycles. The number of rotatable bonds is 8. The SMILES string of the molecule is COCCOC(=O)N1CC[C@H](NS(C)(=O)=O)[C@@H]1Cc1cccc(-c2ccccc2)c1. The fourth-order valence-electron chi connectivity index (χ4n) is 3.79. The molecule has 1 saturated heterocycles. The van der Waals surface area contributed by atoms with Crippen molar-refractivity contribution >= 4 is 16.1 Å². The summed E-state index contributed by atoms with van der Waals surface area (Å²) < 4.78 is 36.6. The van der Waals surface area contributed by atoms with E-state index in [0.717, 1.165) is 22.9 Å². The molecule has 0 bridgehead atoms. The second kappa shape index (κ2) is 10.1. The van der Waals surface area contributed by atoms with Gasteiger partial charge in [-0.25, -0.2) is 17.9 Å².